The summed E-state index contributed by atoms with van der Waals surface area (Å²) in [4.78, 5) is 25.9. The molecule has 0 aliphatic carbocycles. The molecule has 0 radical (unpaired) electrons. The van der Waals surface area contributed by atoms with Crippen molar-refractivity contribution in [2.75, 3.05) is 24.7 Å². The van der Waals surface area contributed by atoms with Gasteiger partial charge in [-0.15, -0.1) is 0 Å². The Morgan fingerprint density at radius 3 is 2.26 bits per heavy atom. The van der Waals surface area contributed by atoms with Gasteiger partial charge in [0.05, 0.1) is 4.90 Å². The molecule has 2 amide bonds. The molecule has 0 unspecified atom stereocenters. The fourth-order valence-electron chi connectivity index (χ4n) is 3.26. The van der Waals surface area contributed by atoms with Crippen molar-refractivity contribution in [3.8, 4) is 0 Å². The smallest absolute Gasteiger partial charge is 0.293 e. The maximum Gasteiger partial charge on any atom is 0.293 e. The van der Waals surface area contributed by atoms with Crippen LogP contribution in [0.2, 0.25) is 0 Å². The van der Waals surface area contributed by atoms with Crippen LogP contribution in [0.5, 0.6) is 0 Å². The van der Waals surface area contributed by atoms with Gasteiger partial charge in [-0.3, -0.25) is 9.59 Å². The molecular weight excluding hydrogens is 461 g/mol. The number of benzene rings is 3. The number of sulfonamides is 1. The molecule has 0 aliphatic heterocycles. The third-order valence-electron chi connectivity index (χ3n) is 5.02. The van der Waals surface area contributed by atoms with E-state index in [1.807, 2.05) is 0 Å². The minimum absolute atomic E-state index is 0.0398. The van der Waals surface area contributed by atoms with E-state index in [1.165, 1.54) is 56.6 Å². The number of rotatable bonds is 6. The summed E-state index contributed by atoms with van der Waals surface area (Å²) in [5.74, 6) is -1.93. The van der Waals surface area contributed by atoms with Crippen LogP contribution in [0.15, 0.2) is 82.1 Å². The highest BCUT2D eigenvalue weighted by molar-refractivity contribution is 7.89. The number of hydrogen-bond donors (Lipinski definition) is 2. The van der Waals surface area contributed by atoms with Crippen LogP contribution in [-0.4, -0.2) is 38.6 Å². The molecule has 1 aromatic heterocycles. The molecule has 0 fully saturated rings. The first-order valence-electron chi connectivity index (χ1n) is 10.1. The number of hydrogen-bond acceptors (Lipinski definition) is 5. The minimum Gasteiger partial charge on any atom is -0.449 e. The van der Waals surface area contributed by atoms with Crippen molar-refractivity contribution >= 4 is 44.2 Å². The van der Waals surface area contributed by atoms with Gasteiger partial charge < -0.3 is 15.1 Å². The highest BCUT2D eigenvalue weighted by atomic mass is 32.2. The van der Waals surface area contributed by atoms with Crippen molar-refractivity contribution in [1.82, 2.24) is 4.31 Å². The van der Waals surface area contributed by atoms with Gasteiger partial charge in [-0.25, -0.2) is 17.1 Å². The first kappa shape index (κ1) is 23.1. The van der Waals surface area contributed by atoms with E-state index >= 15 is 0 Å². The molecule has 34 heavy (non-hydrogen) atoms. The Bertz CT molecular complexity index is 1490. The zero-order valence-corrected chi connectivity index (χ0v) is 19.0. The van der Waals surface area contributed by atoms with E-state index in [2.05, 4.69) is 10.6 Å². The fourth-order valence-corrected chi connectivity index (χ4v) is 4.16. The molecule has 4 aromatic rings. The number of carbonyl (C=O) groups excluding carboxylic acids is 2. The van der Waals surface area contributed by atoms with Gasteiger partial charge in [-0.1, -0.05) is 18.2 Å². The summed E-state index contributed by atoms with van der Waals surface area (Å²) in [6.45, 7) is 0. The summed E-state index contributed by atoms with van der Waals surface area (Å²) >= 11 is 0. The third-order valence-corrected chi connectivity index (χ3v) is 6.85. The molecule has 0 bridgehead atoms. The Balaban J connectivity index is 1.65. The van der Waals surface area contributed by atoms with Crippen molar-refractivity contribution in [1.29, 1.82) is 0 Å². The quantitative estimate of drug-likeness (QED) is 0.426. The summed E-state index contributed by atoms with van der Waals surface area (Å²) in [6.07, 6.45) is 0. The third kappa shape index (κ3) is 4.54. The van der Waals surface area contributed by atoms with Crippen LogP contribution < -0.4 is 10.6 Å². The van der Waals surface area contributed by atoms with Gasteiger partial charge in [0.1, 0.15) is 17.1 Å². The molecule has 10 heteroatoms. The van der Waals surface area contributed by atoms with Crippen LogP contribution in [0.4, 0.5) is 15.8 Å². The highest BCUT2D eigenvalue weighted by Gasteiger charge is 2.23. The van der Waals surface area contributed by atoms with Crippen molar-refractivity contribution in [3.05, 3.63) is 89.9 Å². The molecule has 3 aromatic carbocycles. The Labute approximate surface area is 195 Å². The molecule has 174 valence electrons. The summed E-state index contributed by atoms with van der Waals surface area (Å²) in [7, 11) is -0.816. The number of carbonyl (C=O) groups is 2. The molecule has 0 saturated carbocycles. The Hall–Kier alpha value is -4.02. The minimum atomic E-state index is -3.64. The van der Waals surface area contributed by atoms with E-state index in [4.69, 9.17) is 4.42 Å². The lowest BCUT2D eigenvalue weighted by Gasteiger charge is -2.12. The van der Waals surface area contributed by atoms with E-state index < -0.39 is 27.7 Å². The van der Waals surface area contributed by atoms with Crippen molar-refractivity contribution < 1.29 is 26.8 Å². The van der Waals surface area contributed by atoms with E-state index in [1.54, 1.807) is 24.3 Å². The summed E-state index contributed by atoms with van der Waals surface area (Å²) in [5, 5.41) is 5.73. The molecule has 0 aliphatic rings. The molecule has 1 heterocycles. The highest BCUT2D eigenvalue weighted by Crippen LogP contribution is 2.32. The Kier molecular flexibility index (Phi) is 6.18. The monoisotopic (exact) mass is 481 g/mol. The average molecular weight is 482 g/mol. The standard InChI is InChI=1S/C24H20FN3O5S/c1-28(2)34(31,32)18-12-10-15(11-13-18)23(29)27-21-19-8-3-4-9-20(19)33-22(21)24(30)26-17-7-5-6-16(25)14-17/h3-14H,1-2H3,(H,26,30)(H,27,29). The van der Waals surface area contributed by atoms with Gasteiger partial charge in [0.25, 0.3) is 11.8 Å². The molecule has 8 nitrogen and oxygen atoms in total. The van der Waals surface area contributed by atoms with Crippen LogP contribution in [0.25, 0.3) is 11.0 Å². The number of anilines is 2. The maximum atomic E-state index is 13.5. The summed E-state index contributed by atoms with van der Waals surface area (Å²) in [5.41, 5.74) is 0.911. The van der Waals surface area contributed by atoms with Crippen LogP contribution in [0.1, 0.15) is 20.9 Å². The number of para-hydroxylation sites is 1. The second-order valence-electron chi connectivity index (χ2n) is 7.53. The zero-order chi connectivity index (χ0) is 24.5. The van der Waals surface area contributed by atoms with Gasteiger partial charge in [-0.05, 0) is 54.6 Å². The molecular formula is C24H20FN3O5S. The number of fused-ring (bicyclic) bond motifs is 1. The molecule has 0 spiro atoms. The zero-order valence-electron chi connectivity index (χ0n) is 18.2. The number of nitrogens with one attached hydrogen (secondary N) is 2. The lowest BCUT2D eigenvalue weighted by atomic mass is 10.1. The number of nitrogens with zero attached hydrogens (tertiary/aromatic N) is 1. The van der Waals surface area contributed by atoms with Gasteiger partial charge in [-0.2, -0.15) is 0 Å². The summed E-state index contributed by atoms with van der Waals surface area (Å²) < 4.78 is 44.8. The second kappa shape index (κ2) is 9.08. The van der Waals surface area contributed by atoms with Crippen LogP contribution in [0.3, 0.4) is 0 Å². The topological polar surface area (TPSA) is 109 Å². The summed E-state index contributed by atoms with van der Waals surface area (Å²) in [6, 6.07) is 17.5. The fraction of sp³-hybridized carbons (Fsp3) is 0.0833. The van der Waals surface area contributed by atoms with Crippen molar-refractivity contribution in [2.45, 2.75) is 4.90 Å². The lowest BCUT2D eigenvalue weighted by Crippen LogP contribution is -2.22. The average Bonchev–Trinajstić information content (AvgIpc) is 3.17. The first-order chi connectivity index (χ1) is 16.2. The van der Waals surface area contributed by atoms with E-state index in [-0.39, 0.29) is 27.6 Å². The normalized spacial score (nSPS) is 11.5. The molecule has 2 N–H and O–H groups in total. The Morgan fingerprint density at radius 1 is 0.882 bits per heavy atom. The van der Waals surface area contributed by atoms with Crippen LogP contribution in [-0.2, 0) is 10.0 Å². The predicted molar refractivity (Wildman–Crippen MR) is 126 cm³/mol. The largest absolute Gasteiger partial charge is 0.449 e. The van der Waals surface area contributed by atoms with E-state index in [0.717, 1.165) is 10.4 Å². The molecule has 4 rings (SSSR count). The van der Waals surface area contributed by atoms with E-state index in [0.29, 0.717) is 11.0 Å². The number of amides is 2. The number of furan rings is 1. The van der Waals surface area contributed by atoms with Crippen molar-refractivity contribution in [3.63, 3.8) is 0 Å². The number of halogens is 1. The van der Waals surface area contributed by atoms with Gasteiger partial charge >= 0.3 is 0 Å². The lowest BCUT2D eigenvalue weighted by molar-refractivity contribution is 0.0999. The second-order valence-corrected chi connectivity index (χ2v) is 9.68. The predicted octanol–water partition coefficient (Wildman–Crippen LogP) is 4.33. The SMILES string of the molecule is CN(C)S(=O)(=O)c1ccc(C(=O)Nc2c(C(=O)Nc3cccc(F)c3)oc3ccccc23)cc1. The molecule has 0 saturated heterocycles. The van der Waals surface area contributed by atoms with Gasteiger partial charge in [0, 0.05) is 30.7 Å². The van der Waals surface area contributed by atoms with Crippen LogP contribution in [0, 0.1) is 5.82 Å². The maximum absolute atomic E-state index is 13.5. The van der Waals surface area contributed by atoms with Gasteiger partial charge in [0.2, 0.25) is 15.8 Å². The van der Waals surface area contributed by atoms with E-state index in [9.17, 15) is 22.4 Å². The Morgan fingerprint density at radius 2 is 1.59 bits per heavy atom. The van der Waals surface area contributed by atoms with Crippen LogP contribution >= 0.6 is 0 Å². The molecule has 0 atom stereocenters. The van der Waals surface area contributed by atoms with Crippen molar-refractivity contribution in [2.24, 2.45) is 0 Å². The van der Waals surface area contributed by atoms with Gasteiger partial charge in [0.15, 0.2) is 0 Å². The first-order valence-corrected chi connectivity index (χ1v) is 11.5.